The van der Waals surface area contributed by atoms with Crippen molar-refractivity contribution < 1.29 is 14.3 Å². The molecule has 2 aromatic rings. The van der Waals surface area contributed by atoms with E-state index in [1.54, 1.807) is 49.6 Å². The van der Waals surface area contributed by atoms with Gasteiger partial charge in [0, 0.05) is 17.1 Å². The van der Waals surface area contributed by atoms with E-state index in [9.17, 15) is 4.79 Å². The SMILES string of the molecule is COc1ccc(NC(=O)c2csc(C(N)CCSC)n2)cc1OC. The van der Waals surface area contributed by atoms with E-state index in [0.717, 1.165) is 17.2 Å². The Morgan fingerprint density at radius 1 is 1.38 bits per heavy atom. The number of rotatable bonds is 8. The number of thiazole rings is 1. The third kappa shape index (κ3) is 4.62. The summed E-state index contributed by atoms with van der Waals surface area (Å²) in [6.45, 7) is 0. The minimum Gasteiger partial charge on any atom is -0.493 e. The number of carbonyl (C=O) groups excluding carboxylic acids is 1. The van der Waals surface area contributed by atoms with E-state index in [0.29, 0.717) is 22.9 Å². The number of amides is 1. The van der Waals surface area contributed by atoms with Gasteiger partial charge in [-0.15, -0.1) is 11.3 Å². The van der Waals surface area contributed by atoms with Crippen molar-refractivity contribution in [2.75, 3.05) is 31.5 Å². The molecule has 1 aromatic carbocycles. The number of carbonyl (C=O) groups is 1. The molecule has 3 N–H and O–H groups in total. The molecule has 0 radical (unpaired) electrons. The standard InChI is InChI=1S/C16H21N3O3S2/c1-21-13-5-4-10(8-14(13)22-2)18-15(20)12-9-24-16(19-12)11(17)6-7-23-3/h4-5,8-9,11H,6-7,17H2,1-3H3,(H,18,20). The van der Waals surface area contributed by atoms with E-state index < -0.39 is 0 Å². The maximum atomic E-state index is 12.3. The summed E-state index contributed by atoms with van der Waals surface area (Å²) >= 11 is 3.15. The van der Waals surface area contributed by atoms with E-state index in [1.165, 1.54) is 11.3 Å². The summed E-state index contributed by atoms with van der Waals surface area (Å²) in [7, 11) is 3.11. The van der Waals surface area contributed by atoms with Gasteiger partial charge in [-0.05, 0) is 30.6 Å². The fourth-order valence-corrected chi connectivity index (χ4v) is 3.37. The number of methoxy groups -OCH3 is 2. The average Bonchev–Trinajstić information content (AvgIpc) is 3.09. The fraction of sp³-hybridized carbons (Fsp3) is 0.375. The molecule has 0 bridgehead atoms. The molecular formula is C16H21N3O3S2. The molecule has 0 aliphatic heterocycles. The van der Waals surface area contributed by atoms with Crippen LogP contribution < -0.4 is 20.5 Å². The lowest BCUT2D eigenvalue weighted by molar-refractivity contribution is 0.102. The first kappa shape index (κ1) is 18.6. The number of thioether (sulfide) groups is 1. The lowest BCUT2D eigenvalue weighted by Gasteiger charge is -2.10. The van der Waals surface area contributed by atoms with Gasteiger partial charge in [0.1, 0.15) is 10.7 Å². The quantitative estimate of drug-likeness (QED) is 0.745. The molecule has 0 spiro atoms. The van der Waals surface area contributed by atoms with Gasteiger partial charge in [0.05, 0.1) is 20.3 Å². The second kappa shape index (κ2) is 8.91. The molecule has 1 atom stereocenters. The van der Waals surface area contributed by atoms with Gasteiger partial charge < -0.3 is 20.5 Å². The number of hydrogen-bond donors (Lipinski definition) is 2. The molecule has 130 valence electrons. The highest BCUT2D eigenvalue weighted by molar-refractivity contribution is 7.98. The van der Waals surface area contributed by atoms with Crippen LogP contribution in [0.4, 0.5) is 5.69 Å². The van der Waals surface area contributed by atoms with E-state index in [2.05, 4.69) is 10.3 Å². The fourth-order valence-electron chi connectivity index (χ4n) is 2.04. The predicted molar refractivity (Wildman–Crippen MR) is 99.5 cm³/mol. The molecule has 2 rings (SSSR count). The number of hydrogen-bond acceptors (Lipinski definition) is 7. The Morgan fingerprint density at radius 2 is 2.12 bits per heavy atom. The number of nitrogens with two attached hydrogens (primary N) is 1. The van der Waals surface area contributed by atoms with Crippen LogP contribution in [0.5, 0.6) is 11.5 Å². The van der Waals surface area contributed by atoms with Crippen LogP contribution in [0.1, 0.15) is 28.0 Å². The Hall–Kier alpha value is -1.77. The molecule has 8 heteroatoms. The highest BCUT2D eigenvalue weighted by Crippen LogP contribution is 2.30. The Morgan fingerprint density at radius 3 is 2.79 bits per heavy atom. The summed E-state index contributed by atoms with van der Waals surface area (Å²) in [5, 5.41) is 5.31. The molecule has 0 aliphatic carbocycles. The van der Waals surface area contributed by atoms with Crippen LogP contribution in [0, 0.1) is 0 Å². The zero-order chi connectivity index (χ0) is 17.5. The second-order valence-corrected chi connectivity index (χ2v) is 6.86. The van der Waals surface area contributed by atoms with Crippen LogP contribution in [0.15, 0.2) is 23.6 Å². The molecule has 0 aliphatic rings. The Bertz CT molecular complexity index is 691. The van der Waals surface area contributed by atoms with Crippen LogP contribution in [0.3, 0.4) is 0 Å². The topological polar surface area (TPSA) is 86.5 Å². The minimum atomic E-state index is -0.276. The molecule has 1 heterocycles. The largest absolute Gasteiger partial charge is 0.493 e. The minimum absolute atomic E-state index is 0.134. The monoisotopic (exact) mass is 367 g/mol. The zero-order valence-electron chi connectivity index (χ0n) is 13.9. The van der Waals surface area contributed by atoms with Crippen LogP contribution in [0.2, 0.25) is 0 Å². The van der Waals surface area contributed by atoms with E-state index in [4.69, 9.17) is 15.2 Å². The molecule has 1 unspecified atom stereocenters. The first-order valence-corrected chi connectivity index (χ1v) is 9.59. The highest BCUT2D eigenvalue weighted by atomic mass is 32.2. The van der Waals surface area contributed by atoms with Crippen molar-refractivity contribution in [1.29, 1.82) is 0 Å². The van der Waals surface area contributed by atoms with Gasteiger partial charge >= 0.3 is 0 Å². The third-order valence-corrected chi connectivity index (χ3v) is 4.97. The second-order valence-electron chi connectivity index (χ2n) is 4.98. The molecule has 1 aromatic heterocycles. The van der Waals surface area contributed by atoms with Gasteiger partial charge in [-0.25, -0.2) is 4.98 Å². The average molecular weight is 367 g/mol. The number of benzene rings is 1. The Labute approximate surface area is 149 Å². The molecule has 1 amide bonds. The van der Waals surface area contributed by atoms with E-state index >= 15 is 0 Å². The zero-order valence-corrected chi connectivity index (χ0v) is 15.5. The number of ether oxygens (including phenoxy) is 2. The van der Waals surface area contributed by atoms with Gasteiger partial charge in [-0.2, -0.15) is 11.8 Å². The Balaban J connectivity index is 2.06. The lowest BCUT2D eigenvalue weighted by Crippen LogP contribution is -2.14. The van der Waals surface area contributed by atoms with Crippen LogP contribution >= 0.6 is 23.1 Å². The highest BCUT2D eigenvalue weighted by Gasteiger charge is 2.16. The van der Waals surface area contributed by atoms with Crippen molar-refractivity contribution in [3.63, 3.8) is 0 Å². The summed E-state index contributed by atoms with van der Waals surface area (Å²) in [4.78, 5) is 16.7. The van der Waals surface area contributed by atoms with Gasteiger partial charge in [0.25, 0.3) is 5.91 Å². The molecular weight excluding hydrogens is 346 g/mol. The maximum Gasteiger partial charge on any atom is 0.275 e. The molecule has 6 nitrogen and oxygen atoms in total. The first-order chi connectivity index (χ1) is 11.6. The summed E-state index contributed by atoms with van der Waals surface area (Å²) in [6, 6.07) is 5.05. The molecule has 0 saturated heterocycles. The predicted octanol–water partition coefficient (Wildman–Crippen LogP) is 3.17. The van der Waals surface area contributed by atoms with Crippen LogP contribution in [-0.2, 0) is 0 Å². The van der Waals surface area contributed by atoms with Crippen molar-refractivity contribution in [2.24, 2.45) is 5.73 Å². The molecule has 0 saturated carbocycles. The maximum absolute atomic E-state index is 12.3. The number of aromatic nitrogens is 1. The summed E-state index contributed by atoms with van der Waals surface area (Å²) in [5.41, 5.74) is 7.06. The van der Waals surface area contributed by atoms with Crippen molar-refractivity contribution in [3.05, 3.63) is 34.3 Å². The normalized spacial score (nSPS) is 11.8. The van der Waals surface area contributed by atoms with Crippen LogP contribution in [-0.4, -0.2) is 37.1 Å². The third-order valence-electron chi connectivity index (χ3n) is 3.35. The van der Waals surface area contributed by atoms with E-state index in [1.807, 2.05) is 6.26 Å². The summed E-state index contributed by atoms with van der Waals surface area (Å²) in [6.07, 6.45) is 2.88. The van der Waals surface area contributed by atoms with Crippen molar-refractivity contribution in [1.82, 2.24) is 4.98 Å². The molecule has 0 fully saturated rings. The van der Waals surface area contributed by atoms with Crippen molar-refractivity contribution >= 4 is 34.7 Å². The number of anilines is 1. The van der Waals surface area contributed by atoms with Gasteiger partial charge in [0.15, 0.2) is 11.5 Å². The smallest absolute Gasteiger partial charge is 0.275 e. The lowest BCUT2D eigenvalue weighted by atomic mass is 10.2. The van der Waals surface area contributed by atoms with Crippen LogP contribution in [0.25, 0.3) is 0 Å². The number of nitrogens with one attached hydrogen (secondary N) is 1. The van der Waals surface area contributed by atoms with E-state index in [-0.39, 0.29) is 11.9 Å². The summed E-state index contributed by atoms with van der Waals surface area (Å²) in [5.74, 6) is 1.84. The molecule has 24 heavy (non-hydrogen) atoms. The van der Waals surface area contributed by atoms with Gasteiger partial charge in [0.2, 0.25) is 0 Å². The summed E-state index contributed by atoms with van der Waals surface area (Å²) < 4.78 is 10.4. The van der Waals surface area contributed by atoms with Crippen molar-refractivity contribution in [3.8, 4) is 11.5 Å². The Kier molecular flexibility index (Phi) is 6.89. The van der Waals surface area contributed by atoms with Gasteiger partial charge in [-0.3, -0.25) is 4.79 Å². The number of nitrogens with zero attached hydrogens (tertiary/aromatic N) is 1. The van der Waals surface area contributed by atoms with Crippen molar-refractivity contribution in [2.45, 2.75) is 12.5 Å². The first-order valence-electron chi connectivity index (χ1n) is 7.32. The van der Waals surface area contributed by atoms with Gasteiger partial charge in [-0.1, -0.05) is 0 Å².